The topological polar surface area (TPSA) is 74.5 Å². The average molecular weight is 578 g/mol. The van der Waals surface area contributed by atoms with Gasteiger partial charge >= 0.3 is 6.18 Å². The number of nitrogens with one attached hydrogen (secondary N) is 1. The van der Waals surface area contributed by atoms with Crippen molar-refractivity contribution in [3.05, 3.63) is 76.7 Å². The van der Waals surface area contributed by atoms with Crippen LogP contribution < -0.4 is 5.32 Å². The fourth-order valence-electron chi connectivity index (χ4n) is 6.26. The number of carbonyl (C=O) groups is 1. The summed E-state index contributed by atoms with van der Waals surface area (Å²) >= 11 is 0. The molecule has 0 radical (unpaired) electrons. The quantitative estimate of drug-likeness (QED) is 0.259. The van der Waals surface area contributed by atoms with Crippen LogP contribution >= 0.6 is 0 Å². The highest BCUT2D eigenvalue weighted by atomic mass is 19.4. The molecule has 0 saturated carbocycles. The molecule has 2 fully saturated rings. The van der Waals surface area contributed by atoms with E-state index < -0.39 is 11.7 Å². The molecule has 6 rings (SSSR count). The van der Waals surface area contributed by atoms with E-state index in [4.69, 9.17) is 9.51 Å². The lowest BCUT2D eigenvalue weighted by Crippen LogP contribution is -2.42. The Kier molecular flexibility index (Phi) is 7.66. The van der Waals surface area contributed by atoms with Crippen molar-refractivity contribution in [3.8, 4) is 11.1 Å². The maximum atomic E-state index is 14.2. The first-order chi connectivity index (χ1) is 20.2. The summed E-state index contributed by atoms with van der Waals surface area (Å²) < 4.78 is 44.4. The first-order valence-electron chi connectivity index (χ1n) is 14.5. The zero-order valence-electron chi connectivity index (χ0n) is 23.8. The fourth-order valence-corrected chi connectivity index (χ4v) is 6.26. The molecule has 1 atom stereocenters. The number of amides is 1. The number of fused-ring (bicyclic) bond motifs is 1. The van der Waals surface area contributed by atoms with Crippen LogP contribution in [0, 0.1) is 13.8 Å². The predicted molar refractivity (Wildman–Crippen MR) is 155 cm³/mol. The number of nitrogens with zero attached hydrogens (tertiary/aromatic N) is 4. The standard InChI is InChI=1S/C32H34F3N5O2/c1-20-30(21(2)42-38-20)23-9-12-28-26(16-23)27(31(41)40-15-5-6-25(40)19-39-13-3-4-14-39)17-29(37-28)36-18-22-7-10-24(11-8-22)32(33,34)35/h7-12,16-17,25H,3-6,13-15,18-19H2,1-2H3,(H,36,37)/t25-/m0/s1. The highest BCUT2D eigenvalue weighted by Crippen LogP contribution is 2.33. The zero-order chi connectivity index (χ0) is 29.4. The van der Waals surface area contributed by atoms with Crippen LogP contribution in [-0.2, 0) is 12.7 Å². The van der Waals surface area contributed by atoms with Crippen molar-refractivity contribution in [3.63, 3.8) is 0 Å². The molecule has 0 bridgehead atoms. The van der Waals surface area contributed by atoms with Crippen LogP contribution in [0.5, 0.6) is 0 Å². The van der Waals surface area contributed by atoms with Gasteiger partial charge < -0.3 is 19.6 Å². The SMILES string of the molecule is Cc1noc(C)c1-c1ccc2nc(NCc3ccc(C(F)(F)F)cc3)cc(C(=O)N3CCC[C@H]3CN3CCCC3)c2c1. The smallest absolute Gasteiger partial charge is 0.366 e. The van der Waals surface area contributed by atoms with Crippen LogP contribution in [0.1, 0.15) is 58.6 Å². The number of aryl methyl sites for hydroxylation is 2. The van der Waals surface area contributed by atoms with Gasteiger partial charge in [0.05, 0.1) is 22.3 Å². The number of halogens is 3. The molecule has 2 aromatic carbocycles. The van der Waals surface area contributed by atoms with Crippen LogP contribution in [0.4, 0.5) is 19.0 Å². The first kappa shape index (κ1) is 28.2. The van der Waals surface area contributed by atoms with E-state index in [9.17, 15) is 18.0 Å². The van der Waals surface area contributed by atoms with E-state index >= 15 is 0 Å². The minimum Gasteiger partial charge on any atom is -0.366 e. The molecule has 2 aromatic heterocycles. The normalized spacial score (nSPS) is 17.8. The lowest BCUT2D eigenvalue weighted by molar-refractivity contribution is -0.137. The number of alkyl halides is 3. The Bertz CT molecular complexity index is 1570. The van der Waals surface area contributed by atoms with Crippen molar-refractivity contribution in [1.82, 2.24) is 19.9 Å². The number of pyridine rings is 1. The molecule has 7 nitrogen and oxygen atoms in total. The van der Waals surface area contributed by atoms with Gasteiger partial charge in [-0.2, -0.15) is 13.2 Å². The maximum Gasteiger partial charge on any atom is 0.416 e. The van der Waals surface area contributed by atoms with Crippen LogP contribution in [0.3, 0.4) is 0 Å². The molecule has 0 aliphatic carbocycles. The monoisotopic (exact) mass is 577 g/mol. The molecule has 0 spiro atoms. The Morgan fingerprint density at radius 3 is 2.48 bits per heavy atom. The molecule has 1 amide bonds. The van der Waals surface area contributed by atoms with E-state index in [2.05, 4.69) is 15.4 Å². The van der Waals surface area contributed by atoms with Crippen molar-refractivity contribution in [2.45, 2.75) is 58.3 Å². The highest BCUT2D eigenvalue weighted by Gasteiger charge is 2.33. The molecular formula is C32H34F3N5O2. The van der Waals surface area contributed by atoms with Gasteiger partial charge in [0.2, 0.25) is 0 Å². The van der Waals surface area contributed by atoms with Crippen LogP contribution in [0.2, 0.25) is 0 Å². The highest BCUT2D eigenvalue weighted by molar-refractivity contribution is 6.08. The van der Waals surface area contributed by atoms with Gasteiger partial charge in [0.1, 0.15) is 11.6 Å². The zero-order valence-corrected chi connectivity index (χ0v) is 23.8. The number of hydrogen-bond acceptors (Lipinski definition) is 6. The van der Waals surface area contributed by atoms with E-state index in [1.54, 1.807) is 6.07 Å². The number of carbonyl (C=O) groups excluding carboxylic acids is 1. The molecule has 2 aliphatic heterocycles. The summed E-state index contributed by atoms with van der Waals surface area (Å²) in [7, 11) is 0. The van der Waals surface area contributed by atoms with Crippen molar-refractivity contribution in [2.24, 2.45) is 0 Å². The van der Waals surface area contributed by atoms with Gasteiger partial charge in [0.15, 0.2) is 0 Å². The van der Waals surface area contributed by atoms with Gasteiger partial charge in [0.25, 0.3) is 5.91 Å². The van der Waals surface area contributed by atoms with Gasteiger partial charge in [-0.25, -0.2) is 4.98 Å². The third-order valence-corrected chi connectivity index (χ3v) is 8.42. The summed E-state index contributed by atoms with van der Waals surface area (Å²) in [6.07, 6.45) is -0.0286. The third kappa shape index (κ3) is 5.72. The molecule has 42 heavy (non-hydrogen) atoms. The summed E-state index contributed by atoms with van der Waals surface area (Å²) in [5.41, 5.74) is 3.76. The van der Waals surface area contributed by atoms with Crippen LogP contribution in [0.25, 0.3) is 22.0 Å². The number of anilines is 1. The number of aromatic nitrogens is 2. The van der Waals surface area contributed by atoms with Crippen molar-refractivity contribution < 1.29 is 22.5 Å². The van der Waals surface area contributed by atoms with Crippen LogP contribution in [-0.4, -0.2) is 58.1 Å². The van der Waals surface area contributed by atoms with E-state index in [1.807, 2.05) is 36.9 Å². The Labute approximate surface area is 242 Å². The third-order valence-electron chi connectivity index (χ3n) is 8.42. The Hall–Kier alpha value is -3.92. The molecule has 4 aromatic rings. The minimum atomic E-state index is -4.38. The average Bonchev–Trinajstić information content (AvgIpc) is 3.73. The second-order valence-electron chi connectivity index (χ2n) is 11.3. The van der Waals surface area contributed by atoms with E-state index in [1.165, 1.54) is 25.0 Å². The number of likely N-dealkylation sites (tertiary alicyclic amines) is 2. The summed E-state index contributed by atoms with van der Waals surface area (Å²) in [5, 5.41) is 8.07. The summed E-state index contributed by atoms with van der Waals surface area (Å²) in [6, 6.07) is 12.8. The molecule has 220 valence electrons. The van der Waals surface area contributed by atoms with Gasteiger partial charge in [-0.1, -0.05) is 23.4 Å². The first-order valence-corrected chi connectivity index (χ1v) is 14.5. The fraction of sp³-hybridized carbons (Fsp3) is 0.406. The van der Waals surface area contributed by atoms with E-state index in [-0.39, 0.29) is 18.5 Å². The van der Waals surface area contributed by atoms with Crippen molar-refractivity contribution >= 4 is 22.6 Å². The molecule has 2 aliphatic rings. The lowest BCUT2D eigenvalue weighted by Gasteiger charge is -2.29. The molecule has 0 unspecified atom stereocenters. The molecule has 10 heteroatoms. The molecule has 4 heterocycles. The number of rotatable bonds is 7. The molecular weight excluding hydrogens is 543 g/mol. The molecule has 2 saturated heterocycles. The van der Waals surface area contributed by atoms with Crippen LogP contribution in [0.15, 0.2) is 53.1 Å². The Morgan fingerprint density at radius 2 is 1.79 bits per heavy atom. The summed E-state index contributed by atoms with van der Waals surface area (Å²) in [5.74, 6) is 1.16. The summed E-state index contributed by atoms with van der Waals surface area (Å²) in [4.78, 5) is 23.5. The van der Waals surface area contributed by atoms with Crippen molar-refractivity contribution in [1.29, 1.82) is 0 Å². The molecule has 1 N–H and O–H groups in total. The Morgan fingerprint density at radius 1 is 1.02 bits per heavy atom. The minimum absolute atomic E-state index is 0.0300. The summed E-state index contributed by atoms with van der Waals surface area (Å²) in [6.45, 7) is 7.78. The van der Waals surface area contributed by atoms with Gasteiger partial charge in [0, 0.05) is 36.6 Å². The largest absolute Gasteiger partial charge is 0.416 e. The second kappa shape index (κ2) is 11.4. The lowest BCUT2D eigenvalue weighted by atomic mass is 9.99. The Balaban J connectivity index is 1.34. The van der Waals surface area contributed by atoms with Crippen molar-refractivity contribution in [2.75, 3.05) is 31.5 Å². The number of benzene rings is 2. The van der Waals surface area contributed by atoms with E-state index in [0.29, 0.717) is 34.8 Å². The van der Waals surface area contributed by atoms with Gasteiger partial charge in [-0.05, 0) is 94.1 Å². The predicted octanol–water partition coefficient (Wildman–Crippen LogP) is 6.84. The van der Waals surface area contributed by atoms with E-state index in [0.717, 1.165) is 66.8 Å². The second-order valence-corrected chi connectivity index (χ2v) is 11.3. The van der Waals surface area contributed by atoms with Gasteiger partial charge in [-0.15, -0.1) is 0 Å². The number of hydrogen-bond donors (Lipinski definition) is 1. The maximum absolute atomic E-state index is 14.2. The van der Waals surface area contributed by atoms with Gasteiger partial charge in [-0.3, -0.25) is 4.79 Å².